The molecule has 0 saturated carbocycles. The van der Waals surface area contributed by atoms with Gasteiger partial charge in [0.15, 0.2) is 0 Å². The van der Waals surface area contributed by atoms with Gasteiger partial charge >= 0.3 is 0 Å². The molecule has 1 aliphatic heterocycles. The van der Waals surface area contributed by atoms with Crippen LogP contribution in [0.4, 0.5) is 8.78 Å². The molecular weight excluding hydrogens is 592 g/mol. The van der Waals surface area contributed by atoms with Crippen LogP contribution in [0, 0.1) is 18.6 Å². The zero-order valence-corrected chi connectivity index (χ0v) is 26.3. The van der Waals surface area contributed by atoms with E-state index in [1.165, 1.54) is 29.0 Å². The third-order valence-electron chi connectivity index (χ3n) is 8.65. The molecule has 0 aliphatic carbocycles. The van der Waals surface area contributed by atoms with Crippen molar-refractivity contribution in [3.05, 3.63) is 88.6 Å². The number of thiazole rings is 1. The van der Waals surface area contributed by atoms with Crippen molar-refractivity contribution in [1.82, 2.24) is 24.6 Å². The number of nitrogens with one attached hydrogen (secondary N) is 1. The molecule has 1 fully saturated rings. The molecule has 0 unspecified atom stereocenters. The zero-order valence-electron chi connectivity index (χ0n) is 25.5. The molecule has 45 heavy (non-hydrogen) atoms. The summed E-state index contributed by atoms with van der Waals surface area (Å²) in [5, 5.41) is 14.4. The van der Waals surface area contributed by atoms with E-state index in [0.29, 0.717) is 48.0 Å². The molecule has 2 aromatic carbocycles. The number of nitrogens with zero attached hydrogens (tertiary/aromatic N) is 4. The van der Waals surface area contributed by atoms with Crippen LogP contribution < -0.4 is 5.32 Å². The van der Waals surface area contributed by atoms with Crippen LogP contribution in [0.1, 0.15) is 48.9 Å². The number of hydrogen-bond donors (Lipinski definition) is 2. The van der Waals surface area contributed by atoms with Crippen molar-refractivity contribution in [2.75, 3.05) is 32.8 Å². The average molecular weight is 630 g/mol. The summed E-state index contributed by atoms with van der Waals surface area (Å²) in [4.78, 5) is 24.0. The quantitative estimate of drug-likeness (QED) is 0.170. The minimum atomic E-state index is -0.299. The number of carbonyl (C=O) groups excluding carboxylic acids is 1. The minimum Gasteiger partial charge on any atom is -0.396 e. The number of halogens is 2. The maximum Gasteiger partial charge on any atom is 0.234 e. The Labute approximate surface area is 265 Å². The molecule has 1 amide bonds. The highest BCUT2D eigenvalue weighted by Crippen LogP contribution is 2.37. The fourth-order valence-corrected chi connectivity index (χ4v) is 7.03. The molecule has 1 saturated heterocycles. The summed E-state index contributed by atoms with van der Waals surface area (Å²) in [6, 6.07) is 14.1. The Morgan fingerprint density at radius 1 is 1.04 bits per heavy atom. The lowest BCUT2D eigenvalue weighted by Crippen LogP contribution is -2.41. The summed E-state index contributed by atoms with van der Waals surface area (Å²) in [5.74, 6) is -0.271. The molecule has 1 aliphatic rings. The van der Waals surface area contributed by atoms with Crippen LogP contribution >= 0.6 is 11.3 Å². The number of rotatable bonds is 10. The van der Waals surface area contributed by atoms with Crippen LogP contribution in [-0.2, 0) is 11.2 Å². The average Bonchev–Trinajstić information content (AvgIpc) is 3.68. The maximum atomic E-state index is 16.3. The van der Waals surface area contributed by atoms with Crippen molar-refractivity contribution in [3.63, 3.8) is 0 Å². The SMILES string of the molecule is CCc1nc2ccc(C3CCN(CC(=O)NCCCO)CC3)cn2c1-c1ccc(-c2nc(-c3ccc(F)cc3)cs2)c(C)c1F. The predicted molar refractivity (Wildman–Crippen MR) is 174 cm³/mol. The standard InChI is InChI=1S/C35H37F2N5O2S/c1-3-29-34(28-11-10-27(22(2)33(28)37)35-40-30(21-45-35)24-5-8-26(36)9-6-24)42-19-25(7-12-31(42)39-29)23-13-16-41(17-14-23)20-32(44)38-15-4-18-43/h5-12,19,21,23,43H,3-4,13-18,20H2,1-2H3,(H,38,44). The monoisotopic (exact) mass is 629 g/mol. The predicted octanol–water partition coefficient (Wildman–Crippen LogP) is 6.62. The van der Waals surface area contributed by atoms with Gasteiger partial charge in [-0.15, -0.1) is 11.3 Å². The lowest BCUT2D eigenvalue weighted by Gasteiger charge is -2.31. The number of carbonyl (C=O) groups is 1. The van der Waals surface area contributed by atoms with Crippen molar-refractivity contribution >= 4 is 22.9 Å². The zero-order chi connectivity index (χ0) is 31.5. The first-order valence-electron chi connectivity index (χ1n) is 15.5. The fraction of sp³-hybridized carbons (Fsp3) is 0.343. The third kappa shape index (κ3) is 6.54. The number of benzene rings is 2. The van der Waals surface area contributed by atoms with E-state index in [0.717, 1.165) is 59.8 Å². The van der Waals surface area contributed by atoms with Crippen LogP contribution in [0.25, 0.3) is 38.7 Å². The lowest BCUT2D eigenvalue weighted by atomic mass is 9.90. The van der Waals surface area contributed by atoms with Gasteiger partial charge in [0.2, 0.25) is 5.91 Å². The summed E-state index contributed by atoms with van der Waals surface area (Å²) < 4.78 is 31.7. The van der Waals surface area contributed by atoms with E-state index in [4.69, 9.17) is 15.1 Å². The summed E-state index contributed by atoms with van der Waals surface area (Å²) in [5.41, 5.74) is 6.88. The molecule has 2 N–H and O–H groups in total. The summed E-state index contributed by atoms with van der Waals surface area (Å²) in [7, 11) is 0. The normalized spacial score (nSPS) is 14.3. The second kappa shape index (κ2) is 13.6. The van der Waals surface area contributed by atoms with Crippen molar-refractivity contribution < 1.29 is 18.7 Å². The number of piperidine rings is 1. The molecule has 0 radical (unpaired) electrons. The van der Waals surface area contributed by atoms with Crippen molar-refractivity contribution in [2.24, 2.45) is 0 Å². The molecule has 0 bridgehead atoms. The Kier molecular flexibility index (Phi) is 9.34. The Bertz CT molecular complexity index is 1810. The number of amides is 1. The fourth-order valence-electron chi connectivity index (χ4n) is 6.12. The molecule has 0 atom stereocenters. The first-order valence-corrected chi connectivity index (χ1v) is 16.4. The van der Waals surface area contributed by atoms with Gasteiger partial charge in [0.1, 0.15) is 22.3 Å². The molecule has 6 rings (SSSR count). The van der Waals surface area contributed by atoms with E-state index in [-0.39, 0.29) is 24.1 Å². The van der Waals surface area contributed by atoms with E-state index in [2.05, 4.69) is 22.5 Å². The van der Waals surface area contributed by atoms with Gasteiger partial charge in [0, 0.05) is 41.4 Å². The van der Waals surface area contributed by atoms with Gasteiger partial charge in [-0.2, -0.15) is 0 Å². The Morgan fingerprint density at radius 3 is 2.53 bits per heavy atom. The largest absolute Gasteiger partial charge is 0.396 e. The van der Waals surface area contributed by atoms with E-state index in [9.17, 15) is 9.18 Å². The lowest BCUT2D eigenvalue weighted by molar-refractivity contribution is -0.122. The topological polar surface area (TPSA) is 82.8 Å². The van der Waals surface area contributed by atoms with Gasteiger partial charge in [-0.05, 0) is 99.1 Å². The first-order chi connectivity index (χ1) is 21.9. The maximum absolute atomic E-state index is 16.3. The number of imidazole rings is 1. The molecule has 5 aromatic rings. The Hall–Kier alpha value is -3.99. The summed E-state index contributed by atoms with van der Waals surface area (Å²) in [6.07, 6.45) is 5.19. The van der Waals surface area contributed by atoms with E-state index in [1.54, 1.807) is 19.1 Å². The van der Waals surface area contributed by atoms with Crippen LogP contribution in [0.5, 0.6) is 0 Å². The van der Waals surface area contributed by atoms with Crippen molar-refractivity contribution in [3.8, 4) is 33.1 Å². The number of aliphatic hydroxyl groups is 1. The minimum absolute atomic E-state index is 0.00927. The second-order valence-corrected chi connectivity index (χ2v) is 12.4. The molecular formula is C35H37F2N5O2S. The van der Waals surface area contributed by atoms with Gasteiger partial charge in [-0.1, -0.05) is 19.1 Å². The van der Waals surface area contributed by atoms with Gasteiger partial charge in [0.25, 0.3) is 0 Å². The number of aliphatic hydroxyl groups excluding tert-OH is 1. The number of pyridine rings is 1. The Balaban J connectivity index is 1.24. The first kappa shape index (κ1) is 31.0. The van der Waals surface area contributed by atoms with Gasteiger partial charge in [-0.3, -0.25) is 14.1 Å². The van der Waals surface area contributed by atoms with Crippen LogP contribution in [0.3, 0.4) is 0 Å². The third-order valence-corrected chi connectivity index (χ3v) is 9.52. The summed E-state index contributed by atoms with van der Waals surface area (Å²) in [6.45, 7) is 6.39. The molecule has 234 valence electrons. The van der Waals surface area contributed by atoms with Gasteiger partial charge < -0.3 is 10.4 Å². The summed E-state index contributed by atoms with van der Waals surface area (Å²) >= 11 is 1.44. The number of fused-ring (bicyclic) bond motifs is 1. The highest BCUT2D eigenvalue weighted by molar-refractivity contribution is 7.13. The highest BCUT2D eigenvalue weighted by Gasteiger charge is 2.25. The van der Waals surface area contributed by atoms with Gasteiger partial charge in [-0.25, -0.2) is 18.7 Å². The van der Waals surface area contributed by atoms with Crippen LogP contribution in [-0.4, -0.2) is 63.1 Å². The molecule has 0 spiro atoms. The molecule has 3 aromatic heterocycles. The van der Waals surface area contributed by atoms with Crippen molar-refractivity contribution in [1.29, 1.82) is 0 Å². The van der Waals surface area contributed by atoms with Crippen LogP contribution in [0.2, 0.25) is 0 Å². The molecule has 4 heterocycles. The number of aromatic nitrogens is 3. The van der Waals surface area contributed by atoms with Crippen molar-refractivity contribution in [2.45, 2.75) is 45.4 Å². The molecule has 7 nitrogen and oxygen atoms in total. The number of hydrogen-bond acceptors (Lipinski definition) is 6. The van der Waals surface area contributed by atoms with E-state index in [1.807, 2.05) is 34.9 Å². The Morgan fingerprint density at radius 2 is 1.80 bits per heavy atom. The van der Waals surface area contributed by atoms with E-state index < -0.39 is 0 Å². The van der Waals surface area contributed by atoms with Crippen LogP contribution in [0.15, 0.2) is 60.1 Å². The van der Waals surface area contributed by atoms with Gasteiger partial charge in [0.05, 0.1) is 23.6 Å². The van der Waals surface area contributed by atoms with E-state index >= 15 is 4.39 Å². The number of aryl methyl sites for hydroxylation is 1. The second-order valence-electron chi connectivity index (χ2n) is 11.6. The molecule has 10 heteroatoms. The smallest absolute Gasteiger partial charge is 0.234 e. The highest BCUT2D eigenvalue weighted by atomic mass is 32.1. The number of likely N-dealkylation sites (tertiary alicyclic amines) is 1.